The minimum atomic E-state index is 0.460. The van der Waals surface area contributed by atoms with Crippen molar-refractivity contribution in [2.45, 2.75) is 11.3 Å². The third-order valence-corrected chi connectivity index (χ3v) is 1.87. The fraction of sp³-hybridized carbons (Fsp3) is 0.100. The van der Waals surface area contributed by atoms with E-state index >= 15 is 0 Å². The zero-order valence-corrected chi connectivity index (χ0v) is 7.50. The molecule has 0 unspecified atom stereocenters. The van der Waals surface area contributed by atoms with Crippen LogP contribution < -0.4 is 0 Å². The Kier molecular flexibility index (Phi) is 3.61. The number of carbonyl (C=O) groups is 1. The molecule has 1 nitrogen and oxygen atoms in total. The van der Waals surface area contributed by atoms with E-state index in [1.165, 1.54) is 0 Å². The van der Waals surface area contributed by atoms with Gasteiger partial charge in [0.05, 0.1) is 0 Å². The lowest BCUT2D eigenvalue weighted by Crippen LogP contribution is -1.74. The van der Waals surface area contributed by atoms with E-state index < -0.39 is 0 Å². The molecule has 0 heterocycles. The van der Waals surface area contributed by atoms with E-state index in [1.54, 1.807) is 0 Å². The van der Waals surface area contributed by atoms with Gasteiger partial charge in [-0.1, -0.05) is 30.4 Å². The lowest BCUT2D eigenvalue weighted by molar-refractivity contribution is -0.107. The molecule has 0 aliphatic carbocycles. The third kappa shape index (κ3) is 2.55. The van der Waals surface area contributed by atoms with Gasteiger partial charge < -0.3 is 4.79 Å². The molecule has 0 fully saturated rings. The predicted octanol–water partition coefficient (Wildman–Crippen LogP) is 2.58. The largest absolute Gasteiger partial charge is 0.303 e. The van der Waals surface area contributed by atoms with E-state index in [1.807, 2.05) is 36.4 Å². The molecule has 1 rings (SSSR count). The Morgan fingerprint density at radius 2 is 2.08 bits per heavy atom. The third-order valence-electron chi connectivity index (χ3n) is 1.47. The summed E-state index contributed by atoms with van der Waals surface area (Å²) in [4.78, 5) is 10.9. The summed E-state index contributed by atoms with van der Waals surface area (Å²) in [5.74, 6) is 0. The van der Waals surface area contributed by atoms with E-state index in [0.717, 1.165) is 16.7 Å². The van der Waals surface area contributed by atoms with Crippen LogP contribution in [-0.4, -0.2) is 6.29 Å². The topological polar surface area (TPSA) is 17.1 Å². The van der Waals surface area contributed by atoms with E-state index in [0.29, 0.717) is 6.42 Å². The van der Waals surface area contributed by atoms with Gasteiger partial charge in [-0.25, -0.2) is 0 Å². The van der Waals surface area contributed by atoms with E-state index in [-0.39, 0.29) is 0 Å². The number of benzene rings is 1. The van der Waals surface area contributed by atoms with Gasteiger partial charge in [0.25, 0.3) is 0 Å². The zero-order chi connectivity index (χ0) is 8.81. The number of aldehydes is 1. The van der Waals surface area contributed by atoms with Gasteiger partial charge in [-0.2, -0.15) is 0 Å². The van der Waals surface area contributed by atoms with Crippen molar-refractivity contribution in [2.24, 2.45) is 0 Å². The Morgan fingerprint density at radius 3 is 2.75 bits per heavy atom. The average Bonchev–Trinajstić information content (AvgIpc) is 2.09. The van der Waals surface area contributed by atoms with Gasteiger partial charge in [-0.15, -0.1) is 12.6 Å². The summed E-state index contributed by atoms with van der Waals surface area (Å²) >= 11 is 4.26. The van der Waals surface area contributed by atoms with Crippen LogP contribution in [0.25, 0.3) is 6.08 Å². The fourth-order valence-electron chi connectivity index (χ4n) is 0.879. The second-order valence-corrected chi connectivity index (χ2v) is 2.85. The van der Waals surface area contributed by atoms with Crippen molar-refractivity contribution < 1.29 is 4.79 Å². The lowest BCUT2D eigenvalue weighted by Gasteiger charge is -1.95. The molecular formula is C10H10OS. The zero-order valence-electron chi connectivity index (χ0n) is 6.60. The molecule has 1 aromatic rings. The number of allylic oxidation sites excluding steroid dienone is 1. The molecule has 0 saturated heterocycles. The summed E-state index contributed by atoms with van der Waals surface area (Å²) in [6, 6.07) is 7.76. The minimum absolute atomic E-state index is 0.460. The van der Waals surface area contributed by atoms with Crippen LogP contribution in [0.15, 0.2) is 35.2 Å². The molecule has 0 radical (unpaired) electrons. The molecule has 1 aromatic carbocycles. The van der Waals surface area contributed by atoms with Crippen LogP contribution in [0.2, 0.25) is 0 Å². The first-order chi connectivity index (χ1) is 5.84. The Hall–Kier alpha value is -1.02. The molecule has 0 aromatic heterocycles. The molecular weight excluding hydrogens is 168 g/mol. The van der Waals surface area contributed by atoms with Crippen LogP contribution in [-0.2, 0) is 4.79 Å². The van der Waals surface area contributed by atoms with Gasteiger partial charge in [0.1, 0.15) is 6.29 Å². The van der Waals surface area contributed by atoms with Crippen molar-refractivity contribution in [3.63, 3.8) is 0 Å². The Morgan fingerprint density at radius 1 is 1.33 bits per heavy atom. The van der Waals surface area contributed by atoms with E-state index in [2.05, 4.69) is 12.6 Å². The highest BCUT2D eigenvalue weighted by atomic mass is 32.1. The highest BCUT2D eigenvalue weighted by Crippen LogP contribution is 2.14. The number of hydrogen-bond donors (Lipinski definition) is 1. The summed E-state index contributed by atoms with van der Waals surface area (Å²) in [7, 11) is 0. The Balaban J connectivity index is 2.74. The van der Waals surface area contributed by atoms with Crippen LogP contribution >= 0.6 is 12.6 Å². The molecule has 0 saturated carbocycles. The van der Waals surface area contributed by atoms with Crippen LogP contribution in [0.1, 0.15) is 12.0 Å². The molecule has 0 aliphatic rings. The van der Waals surface area contributed by atoms with Crippen molar-refractivity contribution >= 4 is 25.0 Å². The first-order valence-electron chi connectivity index (χ1n) is 3.73. The number of carbonyl (C=O) groups excluding carboxylic acids is 1. The first kappa shape index (κ1) is 9.07. The summed E-state index contributed by atoms with van der Waals surface area (Å²) in [5.41, 5.74) is 1.04. The number of hydrogen-bond acceptors (Lipinski definition) is 2. The van der Waals surface area contributed by atoms with Crippen molar-refractivity contribution in [3.05, 3.63) is 35.9 Å². The fourth-order valence-corrected chi connectivity index (χ4v) is 1.11. The van der Waals surface area contributed by atoms with Crippen molar-refractivity contribution in [2.75, 3.05) is 0 Å². The van der Waals surface area contributed by atoms with Gasteiger partial charge in [0.2, 0.25) is 0 Å². The first-order valence-corrected chi connectivity index (χ1v) is 4.17. The molecule has 2 heteroatoms. The maximum absolute atomic E-state index is 10.0. The highest BCUT2D eigenvalue weighted by Gasteiger charge is 1.90. The average molecular weight is 178 g/mol. The van der Waals surface area contributed by atoms with Gasteiger partial charge in [0, 0.05) is 11.3 Å². The highest BCUT2D eigenvalue weighted by molar-refractivity contribution is 7.80. The van der Waals surface area contributed by atoms with Gasteiger partial charge in [-0.3, -0.25) is 0 Å². The summed E-state index contributed by atoms with van der Waals surface area (Å²) in [6.07, 6.45) is 5.05. The van der Waals surface area contributed by atoms with Gasteiger partial charge in [-0.05, 0) is 11.6 Å². The second-order valence-electron chi connectivity index (χ2n) is 2.36. The molecule has 0 N–H and O–H groups in total. The van der Waals surface area contributed by atoms with Crippen molar-refractivity contribution in [1.82, 2.24) is 0 Å². The molecule has 0 amide bonds. The minimum Gasteiger partial charge on any atom is -0.303 e. The van der Waals surface area contributed by atoms with Crippen molar-refractivity contribution in [1.29, 1.82) is 0 Å². The van der Waals surface area contributed by atoms with Gasteiger partial charge in [0.15, 0.2) is 0 Å². The van der Waals surface area contributed by atoms with E-state index in [9.17, 15) is 4.79 Å². The maximum Gasteiger partial charge on any atom is 0.123 e. The number of thiol groups is 1. The van der Waals surface area contributed by atoms with E-state index in [4.69, 9.17) is 0 Å². The lowest BCUT2D eigenvalue weighted by atomic mass is 10.2. The van der Waals surface area contributed by atoms with Crippen LogP contribution in [0, 0.1) is 0 Å². The maximum atomic E-state index is 10.0. The number of rotatable bonds is 3. The SMILES string of the molecule is O=CCC=Cc1ccccc1S. The van der Waals surface area contributed by atoms with Gasteiger partial charge >= 0.3 is 0 Å². The van der Waals surface area contributed by atoms with Crippen LogP contribution in [0.4, 0.5) is 0 Å². The predicted molar refractivity (Wildman–Crippen MR) is 53.4 cm³/mol. The smallest absolute Gasteiger partial charge is 0.123 e. The summed E-state index contributed by atoms with van der Waals surface area (Å²) in [6.45, 7) is 0. The van der Waals surface area contributed by atoms with Crippen LogP contribution in [0.5, 0.6) is 0 Å². The second kappa shape index (κ2) is 4.78. The summed E-state index contributed by atoms with van der Waals surface area (Å²) < 4.78 is 0. The van der Waals surface area contributed by atoms with Crippen molar-refractivity contribution in [3.8, 4) is 0 Å². The quantitative estimate of drug-likeness (QED) is 0.556. The molecule has 0 spiro atoms. The Bertz CT molecular complexity index is 292. The summed E-state index contributed by atoms with van der Waals surface area (Å²) in [5, 5.41) is 0. The molecule has 0 aliphatic heterocycles. The monoisotopic (exact) mass is 178 g/mol. The molecule has 0 atom stereocenters. The molecule has 0 bridgehead atoms. The molecule has 12 heavy (non-hydrogen) atoms. The normalized spacial score (nSPS) is 10.4. The van der Waals surface area contributed by atoms with Crippen LogP contribution in [0.3, 0.4) is 0 Å². The standard InChI is InChI=1S/C10H10OS/c11-8-4-3-6-9-5-1-2-7-10(9)12/h1-3,5-8,12H,4H2. The molecule has 62 valence electrons. The Labute approximate surface area is 77.5 Å².